The van der Waals surface area contributed by atoms with Crippen LogP contribution in [0.4, 0.5) is 5.69 Å². The van der Waals surface area contributed by atoms with Crippen molar-refractivity contribution < 1.29 is 27.5 Å². The number of methoxy groups -OCH3 is 1. The number of nitrogens with zero attached hydrogens (tertiary/aromatic N) is 1. The molecule has 0 fully saturated rings. The third-order valence-electron chi connectivity index (χ3n) is 4.67. The summed E-state index contributed by atoms with van der Waals surface area (Å²) >= 11 is 6.15. The van der Waals surface area contributed by atoms with E-state index in [0.717, 1.165) is 4.31 Å². The first kappa shape index (κ1) is 23.3. The van der Waals surface area contributed by atoms with E-state index in [-0.39, 0.29) is 22.1 Å². The molecule has 0 aliphatic heterocycles. The van der Waals surface area contributed by atoms with E-state index in [1.54, 1.807) is 54.6 Å². The molecule has 0 atom stereocenters. The Bertz CT molecular complexity index is 1230. The Balaban J connectivity index is 1.77. The van der Waals surface area contributed by atoms with Gasteiger partial charge in [-0.15, -0.1) is 0 Å². The number of hydrogen-bond acceptors (Lipinski definition) is 6. The van der Waals surface area contributed by atoms with Gasteiger partial charge in [-0.2, -0.15) is 0 Å². The lowest BCUT2D eigenvalue weighted by molar-refractivity contribution is 0.0471. The first-order chi connectivity index (χ1) is 15.2. The molecule has 0 bridgehead atoms. The van der Waals surface area contributed by atoms with Gasteiger partial charge in [0.1, 0.15) is 11.5 Å². The van der Waals surface area contributed by atoms with Gasteiger partial charge in [-0.05, 0) is 48.0 Å². The van der Waals surface area contributed by atoms with Crippen LogP contribution in [0.25, 0.3) is 0 Å². The summed E-state index contributed by atoms with van der Waals surface area (Å²) in [7, 11) is -1.32. The maximum atomic E-state index is 13.1. The third-order valence-corrected chi connectivity index (χ3v) is 6.94. The van der Waals surface area contributed by atoms with Crippen LogP contribution in [0.5, 0.6) is 0 Å². The van der Waals surface area contributed by atoms with E-state index in [2.05, 4.69) is 4.74 Å². The second-order valence-electron chi connectivity index (χ2n) is 6.72. The number of benzene rings is 3. The molecule has 0 N–H and O–H groups in total. The predicted octanol–water partition coefficient (Wildman–Crippen LogP) is 4.31. The highest BCUT2D eigenvalue weighted by Gasteiger charge is 2.25. The third kappa shape index (κ3) is 5.09. The first-order valence-electron chi connectivity index (χ1n) is 9.42. The molecule has 9 heteroatoms. The van der Waals surface area contributed by atoms with Gasteiger partial charge < -0.3 is 9.47 Å². The lowest BCUT2D eigenvalue weighted by Gasteiger charge is -2.20. The van der Waals surface area contributed by atoms with Crippen LogP contribution in [-0.4, -0.2) is 34.5 Å². The van der Waals surface area contributed by atoms with Crippen LogP contribution in [0.2, 0.25) is 5.02 Å². The summed E-state index contributed by atoms with van der Waals surface area (Å²) in [4.78, 5) is 23.8. The van der Waals surface area contributed by atoms with Gasteiger partial charge >= 0.3 is 11.9 Å². The molecule has 0 heterocycles. The zero-order valence-corrected chi connectivity index (χ0v) is 18.9. The topological polar surface area (TPSA) is 90.0 Å². The number of esters is 2. The number of carbonyl (C=O) groups excluding carboxylic acids is 2. The molecule has 0 aliphatic carbocycles. The average molecular weight is 474 g/mol. The molecule has 0 amide bonds. The van der Waals surface area contributed by atoms with Crippen molar-refractivity contribution in [1.29, 1.82) is 0 Å². The quantitative estimate of drug-likeness (QED) is 0.475. The molecule has 0 aliphatic rings. The van der Waals surface area contributed by atoms with Crippen LogP contribution in [0, 0.1) is 0 Å². The van der Waals surface area contributed by atoms with Crippen molar-refractivity contribution in [1.82, 2.24) is 0 Å². The number of hydrogen-bond donors (Lipinski definition) is 0. The van der Waals surface area contributed by atoms with Crippen LogP contribution in [0.1, 0.15) is 26.3 Å². The van der Waals surface area contributed by atoms with Crippen molar-refractivity contribution in [3.8, 4) is 0 Å². The molecule has 0 unspecified atom stereocenters. The Hall–Kier alpha value is -3.36. The Morgan fingerprint density at radius 1 is 0.906 bits per heavy atom. The zero-order valence-electron chi connectivity index (χ0n) is 17.3. The maximum absolute atomic E-state index is 13.1. The van der Waals surface area contributed by atoms with Gasteiger partial charge in [0.05, 0.1) is 28.9 Å². The second kappa shape index (κ2) is 9.84. The molecule has 0 aromatic heterocycles. The Morgan fingerprint density at radius 3 is 2.16 bits per heavy atom. The molecule has 0 saturated carbocycles. The highest BCUT2D eigenvalue weighted by atomic mass is 35.5. The minimum atomic E-state index is -4.01. The number of para-hydroxylation sites is 1. The van der Waals surface area contributed by atoms with E-state index in [9.17, 15) is 18.0 Å². The van der Waals surface area contributed by atoms with Gasteiger partial charge in [0.15, 0.2) is 0 Å². The van der Waals surface area contributed by atoms with Crippen LogP contribution >= 0.6 is 11.6 Å². The van der Waals surface area contributed by atoms with Crippen molar-refractivity contribution >= 4 is 39.3 Å². The van der Waals surface area contributed by atoms with Crippen molar-refractivity contribution in [2.45, 2.75) is 11.5 Å². The first-order valence-corrected chi connectivity index (χ1v) is 11.2. The Kier molecular flexibility index (Phi) is 7.17. The number of halogens is 1. The number of rotatable bonds is 7. The Morgan fingerprint density at radius 2 is 1.53 bits per heavy atom. The number of carbonyl (C=O) groups is 2. The van der Waals surface area contributed by atoms with Crippen LogP contribution in [0.3, 0.4) is 0 Å². The molecule has 3 aromatic rings. The zero-order chi connectivity index (χ0) is 23.3. The van der Waals surface area contributed by atoms with Crippen molar-refractivity contribution in [2.24, 2.45) is 0 Å². The molecule has 0 radical (unpaired) electrons. The summed E-state index contributed by atoms with van der Waals surface area (Å²) in [6.45, 7) is -0.0606. The highest BCUT2D eigenvalue weighted by Crippen LogP contribution is 2.28. The van der Waals surface area contributed by atoms with Crippen LogP contribution in [-0.2, 0) is 26.1 Å². The fourth-order valence-corrected chi connectivity index (χ4v) is 4.53. The van der Waals surface area contributed by atoms with Gasteiger partial charge in [0.25, 0.3) is 10.0 Å². The van der Waals surface area contributed by atoms with Gasteiger partial charge in [-0.3, -0.25) is 4.31 Å². The summed E-state index contributed by atoms with van der Waals surface area (Å²) in [5.41, 5.74) is 1.52. The van der Waals surface area contributed by atoms with Gasteiger partial charge in [0.2, 0.25) is 0 Å². The summed E-state index contributed by atoms with van der Waals surface area (Å²) in [5.74, 6) is -1.18. The maximum Gasteiger partial charge on any atom is 0.338 e. The fraction of sp³-hybridized carbons (Fsp3) is 0.130. The molecule has 32 heavy (non-hydrogen) atoms. The molecule has 7 nitrogen and oxygen atoms in total. The summed E-state index contributed by atoms with van der Waals surface area (Å²) in [5, 5.41) is -0.0114. The van der Waals surface area contributed by atoms with Gasteiger partial charge in [-0.1, -0.05) is 41.9 Å². The number of anilines is 1. The largest absolute Gasteiger partial charge is 0.465 e. The van der Waals surface area contributed by atoms with E-state index < -0.39 is 22.0 Å². The molecule has 0 spiro atoms. The van der Waals surface area contributed by atoms with Gasteiger partial charge in [0, 0.05) is 7.05 Å². The predicted molar refractivity (Wildman–Crippen MR) is 120 cm³/mol. The van der Waals surface area contributed by atoms with Crippen LogP contribution < -0.4 is 4.31 Å². The van der Waals surface area contributed by atoms with E-state index in [1.165, 1.54) is 32.4 Å². The standard InChI is InChI=1S/C23H20ClNO6S/c1-25(19-6-4-3-5-7-19)32(28,29)21-14-18(12-13-20(21)24)23(27)31-15-16-8-10-17(11-9-16)22(26)30-2/h3-14H,15H2,1-2H3. The van der Waals surface area contributed by atoms with E-state index in [1.807, 2.05) is 0 Å². The second-order valence-corrected chi connectivity index (χ2v) is 9.06. The minimum absolute atomic E-state index is 0.0114. The Labute approximate surface area is 191 Å². The highest BCUT2D eigenvalue weighted by molar-refractivity contribution is 7.93. The van der Waals surface area contributed by atoms with E-state index >= 15 is 0 Å². The van der Waals surface area contributed by atoms with Crippen molar-refractivity contribution in [3.63, 3.8) is 0 Å². The smallest absolute Gasteiger partial charge is 0.338 e. The number of sulfonamides is 1. The van der Waals surface area contributed by atoms with Crippen molar-refractivity contribution in [2.75, 3.05) is 18.5 Å². The lowest BCUT2D eigenvalue weighted by Crippen LogP contribution is -2.27. The van der Waals surface area contributed by atoms with E-state index in [4.69, 9.17) is 16.3 Å². The minimum Gasteiger partial charge on any atom is -0.465 e. The summed E-state index contributed by atoms with van der Waals surface area (Å²) in [6.07, 6.45) is 0. The molecular weight excluding hydrogens is 454 g/mol. The molecule has 3 rings (SSSR count). The summed E-state index contributed by atoms with van der Waals surface area (Å²) in [6, 6.07) is 18.8. The SMILES string of the molecule is COC(=O)c1ccc(COC(=O)c2ccc(Cl)c(S(=O)(=O)N(C)c3ccccc3)c2)cc1. The van der Waals surface area contributed by atoms with Crippen LogP contribution in [0.15, 0.2) is 77.7 Å². The summed E-state index contributed by atoms with van der Waals surface area (Å²) < 4.78 is 37.2. The molecule has 3 aromatic carbocycles. The van der Waals surface area contributed by atoms with Crippen molar-refractivity contribution in [3.05, 3.63) is 94.5 Å². The molecule has 166 valence electrons. The monoisotopic (exact) mass is 473 g/mol. The molecule has 0 saturated heterocycles. The number of ether oxygens (including phenoxy) is 2. The molecular formula is C23H20ClNO6S. The van der Waals surface area contributed by atoms with Gasteiger partial charge in [-0.25, -0.2) is 18.0 Å². The lowest BCUT2D eigenvalue weighted by atomic mass is 10.1. The van der Waals surface area contributed by atoms with E-state index in [0.29, 0.717) is 16.8 Å². The average Bonchev–Trinajstić information content (AvgIpc) is 2.82. The normalized spacial score (nSPS) is 11.0. The fourth-order valence-electron chi connectivity index (χ4n) is 2.84.